The van der Waals surface area contributed by atoms with Crippen LogP contribution in [0.1, 0.15) is 48.5 Å². The summed E-state index contributed by atoms with van der Waals surface area (Å²) in [6, 6.07) is 13.7. The van der Waals surface area contributed by atoms with E-state index in [9.17, 15) is 19.2 Å². The minimum absolute atomic E-state index is 0.0633. The highest BCUT2D eigenvalue weighted by Crippen LogP contribution is 2.37. The second kappa shape index (κ2) is 13.8. The van der Waals surface area contributed by atoms with Gasteiger partial charge in [-0.05, 0) is 74.8 Å². The van der Waals surface area contributed by atoms with Gasteiger partial charge < -0.3 is 25.0 Å². The zero-order chi connectivity index (χ0) is 27.4. The summed E-state index contributed by atoms with van der Waals surface area (Å²) >= 11 is 0. The number of likely N-dealkylation sites (tertiary alicyclic amines) is 1. The molecule has 1 aliphatic heterocycles. The molecule has 2 aromatic rings. The zero-order valence-electron chi connectivity index (χ0n) is 20.8. The molecule has 0 aromatic heterocycles. The summed E-state index contributed by atoms with van der Waals surface area (Å²) in [6.45, 7) is 4.33. The molecular weight excluding hydrogens is 480 g/mol. The van der Waals surface area contributed by atoms with Crippen molar-refractivity contribution in [3.8, 4) is 5.75 Å². The van der Waals surface area contributed by atoms with Crippen LogP contribution in [0.25, 0.3) is 0 Å². The van der Waals surface area contributed by atoms with Crippen LogP contribution < -0.4 is 10.1 Å². The van der Waals surface area contributed by atoms with Gasteiger partial charge in [0.2, 0.25) is 0 Å². The first-order valence-corrected chi connectivity index (χ1v) is 11.8. The first kappa shape index (κ1) is 29.1. The zero-order valence-corrected chi connectivity index (χ0v) is 20.8. The highest BCUT2D eigenvalue weighted by Gasteiger charge is 2.33. The van der Waals surface area contributed by atoms with Gasteiger partial charge in [-0.25, -0.2) is 19.2 Å². The molecule has 4 N–H and O–H groups in total. The van der Waals surface area contributed by atoms with E-state index in [0.29, 0.717) is 23.6 Å². The number of anilines is 1. The number of hydrogen-bond acceptors (Lipinski definition) is 6. The number of likely N-dealkylation sites (N-methyl/N-ethyl adjacent to an activating group) is 1. The van der Waals surface area contributed by atoms with Crippen molar-refractivity contribution in [3.63, 3.8) is 0 Å². The fourth-order valence-corrected chi connectivity index (χ4v) is 4.23. The number of benzene rings is 2. The Morgan fingerprint density at radius 3 is 2.22 bits per heavy atom. The van der Waals surface area contributed by atoms with Gasteiger partial charge in [-0.2, -0.15) is 0 Å². The highest BCUT2D eigenvalue weighted by molar-refractivity contribution is 5.90. The second-order valence-corrected chi connectivity index (χ2v) is 8.76. The molecule has 1 atom stereocenters. The number of carboxylic acid groups (broad SMARTS) is 3. The SMILES string of the molecule is CCC1(c2cccc(OC(=O)Nc3ccc(C(=O)O)cc3)c2)CCCCN(C)C1.O=C(O)/C=C/C(=O)O. The van der Waals surface area contributed by atoms with E-state index in [2.05, 4.69) is 30.3 Å². The van der Waals surface area contributed by atoms with E-state index in [-0.39, 0.29) is 11.0 Å². The third kappa shape index (κ3) is 9.42. The van der Waals surface area contributed by atoms with E-state index >= 15 is 0 Å². The molecule has 0 bridgehead atoms. The van der Waals surface area contributed by atoms with Crippen molar-refractivity contribution < 1.29 is 39.2 Å². The van der Waals surface area contributed by atoms with Crippen LogP contribution in [-0.4, -0.2) is 64.4 Å². The molecule has 37 heavy (non-hydrogen) atoms. The first-order valence-electron chi connectivity index (χ1n) is 11.8. The maximum atomic E-state index is 12.3. The lowest BCUT2D eigenvalue weighted by molar-refractivity contribution is -0.134. The number of carbonyl (C=O) groups excluding carboxylic acids is 1. The van der Waals surface area contributed by atoms with Gasteiger partial charge in [-0.3, -0.25) is 5.32 Å². The van der Waals surface area contributed by atoms with E-state index in [1.807, 2.05) is 12.1 Å². The molecule has 10 heteroatoms. The van der Waals surface area contributed by atoms with Gasteiger partial charge in [0, 0.05) is 29.8 Å². The first-order chi connectivity index (χ1) is 17.5. The smallest absolute Gasteiger partial charge is 0.417 e. The highest BCUT2D eigenvalue weighted by atomic mass is 16.6. The number of ether oxygens (including phenoxy) is 1. The van der Waals surface area contributed by atoms with E-state index in [1.54, 1.807) is 6.07 Å². The standard InChI is InChI=1S/C23H28N2O4.C4H4O4/c1-3-23(13-4-5-14-25(2)16-23)18-7-6-8-20(15-18)29-22(28)24-19-11-9-17(10-12-19)21(26)27;5-3(6)1-2-4(7)8/h6-12,15H,3-5,13-14,16H2,1-2H3,(H,24,28)(H,26,27);1-2H,(H,5,6)(H,7,8)/b;2-1+. The van der Waals surface area contributed by atoms with Gasteiger partial charge in [-0.1, -0.05) is 25.5 Å². The fraction of sp³-hybridized carbons (Fsp3) is 0.333. The van der Waals surface area contributed by atoms with E-state index in [1.165, 1.54) is 42.7 Å². The molecule has 1 unspecified atom stereocenters. The number of hydrogen-bond donors (Lipinski definition) is 4. The number of nitrogens with one attached hydrogen (secondary N) is 1. The van der Waals surface area contributed by atoms with Gasteiger partial charge in [0.05, 0.1) is 5.56 Å². The van der Waals surface area contributed by atoms with Crippen molar-refractivity contribution in [1.82, 2.24) is 4.90 Å². The largest absolute Gasteiger partial charge is 0.478 e. The minimum atomic E-state index is -1.26. The molecule has 1 amide bonds. The Morgan fingerprint density at radius 2 is 1.65 bits per heavy atom. The van der Waals surface area contributed by atoms with Crippen molar-refractivity contribution in [1.29, 1.82) is 0 Å². The number of aromatic carboxylic acids is 1. The average molecular weight is 513 g/mol. The normalized spacial score (nSPS) is 17.7. The molecule has 0 spiro atoms. The predicted molar refractivity (Wildman–Crippen MR) is 137 cm³/mol. The van der Waals surface area contributed by atoms with Crippen LogP contribution in [-0.2, 0) is 15.0 Å². The molecule has 0 radical (unpaired) electrons. The van der Waals surface area contributed by atoms with Gasteiger partial charge in [0.25, 0.3) is 0 Å². The molecule has 2 aromatic carbocycles. The number of carbonyl (C=O) groups is 4. The molecule has 1 heterocycles. The Labute approximate surface area is 215 Å². The van der Waals surface area contributed by atoms with E-state index in [4.69, 9.17) is 20.1 Å². The van der Waals surface area contributed by atoms with Crippen molar-refractivity contribution >= 4 is 29.7 Å². The topological polar surface area (TPSA) is 153 Å². The summed E-state index contributed by atoms with van der Waals surface area (Å²) < 4.78 is 5.50. The van der Waals surface area contributed by atoms with Gasteiger partial charge in [-0.15, -0.1) is 0 Å². The number of carboxylic acids is 3. The molecule has 0 aliphatic carbocycles. The summed E-state index contributed by atoms with van der Waals surface area (Å²) in [5.41, 5.74) is 1.90. The third-order valence-corrected chi connectivity index (χ3v) is 6.10. The molecule has 198 valence electrons. The van der Waals surface area contributed by atoms with Gasteiger partial charge in [0.15, 0.2) is 0 Å². The van der Waals surface area contributed by atoms with Crippen LogP contribution in [0.4, 0.5) is 10.5 Å². The molecule has 1 aliphatic rings. The number of amides is 1. The quantitative estimate of drug-likeness (QED) is 0.393. The van der Waals surface area contributed by atoms with Crippen molar-refractivity contribution in [2.24, 2.45) is 0 Å². The molecule has 1 fully saturated rings. The number of nitrogens with zero attached hydrogens (tertiary/aromatic N) is 1. The van der Waals surface area contributed by atoms with Crippen molar-refractivity contribution in [3.05, 3.63) is 71.8 Å². The summed E-state index contributed by atoms with van der Waals surface area (Å²) in [4.78, 5) is 44.7. The lowest BCUT2D eigenvalue weighted by atomic mass is 9.74. The molecule has 0 saturated carbocycles. The van der Waals surface area contributed by atoms with Gasteiger partial charge in [0.1, 0.15) is 5.75 Å². The second-order valence-electron chi connectivity index (χ2n) is 8.76. The molecule has 3 rings (SSSR count). The summed E-state index contributed by atoms with van der Waals surface area (Å²) in [6.07, 6.45) is 5.06. The maximum absolute atomic E-state index is 12.3. The van der Waals surface area contributed by atoms with E-state index in [0.717, 1.165) is 25.9 Å². The monoisotopic (exact) mass is 512 g/mol. The van der Waals surface area contributed by atoms with Crippen LogP contribution in [0.5, 0.6) is 5.75 Å². The summed E-state index contributed by atoms with van der Waals surface area (Å²) in [7, 11) is 2.17. The lowest BCUT2D eigenvalue weighted by Crippen LogP contribution is -2.37. The molecule has 1 saturated heterocycles. The Bertz CT molecular complexity index is 1110. The number of aliphatic carboxylic acids is 2. The van der Waals surface area contributed by atoms with Crippen molar-refractivity contribution in [2.75, 3.05) is 25.5 Å². The van der Waals surface area contributed by atoms with Crippen LogP contribution in [0, 0.1) is 0 Å². The lowest BCUT2D eigenvalue weighted by Gasteiger charge is -2.35. The third-order valence-electron chi connectivity index (χ3n) is 6.10. The van der Waals surface area contributed by atoms with Crippen molar-refractivity contribution in [2.45, 2.75) is 38.0 Å². The van der Waals surface area contributed by atoms with Crippen LogP contribution in [0.3, 0.4) is 0 Å². The van der Waals surface area contributed by atoms with Crippen LogP contribution >= 0.6 is 0 Å². The van der Waals surface area contributed by atoms with Crippen LogP contribution in [0.15, 0.2) is 60.7 Å². The summed E-state index contributed by atoms with van der Waals surface area (Å²) in [5.74, 6) is -3.02. The minimum Gasteiger partial charge on any atom is -0.478 e. The fourth-order valence-electron chi connectivity index (χ4n) is 4.23. The Balaban J connectivity index is 0.000000521. The van der Waals surface area contributed by atoms with Crippen LogP contribution in [0.2, 0.25) is 0 Å². The average Bonchev–Trinajstić information content (AvgIpc) is 3.05. The predicted octanol–water partition coefficient (Wildman–Crippen LogP) is 4.47. The van der Waals surface area contributed by atoms with Gasteiger partial charge >= 0.3 is 24.0 Å². The van der Waals surface area contributed by atoms with E-state index < -0.39 is 24.0 Å². The Hall–Kier alpha value is -4.18. The summed E-state index contributed by atoms with van der Waals surface area (Å²) in [5, 5.41) is 27.2. The molecular formula is C27H32N2O8. The Morgan fingerprint density at radius 1 is 1.00 bits per heavy atom. The molecule has 10 nitrogen and oxygen atoms in total. The maximum Gasteiger partial charge on any atom is 0.417 e. The Kier molecular flexibility index (Phi) is 10.8. The number of rotatable bonds is 7.